The van der Waals surface area contributed by atoms with Gasteiger partial charge in [0.2, 0.25) is 11.9 Å². The summed E-state index contributed by atoms with van der Waals surface area (Å²) >= 11 is 0. The third kappa shape index (κ3) is 6.57. The second-order valence-electron chi connectivity index (χ2n) is 5.20. The van der Waals surface area contributed by atoms with Gasteiger partial charge in [-0.2, -0.15) is 15.0 Å². The third-order valence-electron chi connectivity index (χ3n) is 2.81. The highest BCUT2D eigenvalue weighted by Crippen LogP contribution is 2.14. The quantitative estimate of drug-likeness (QED) is 0.701. The molecule has 1 heterocycles. The van der Waals surface area contributed by atoms with E-state index in [4.69, 9.17) is 4.74 Å². The maximum absolute atomic E-state index is 5.54. The molecule has 7 heteroatoms. The average Bonchev–Trinajstić information content (AvgIpc) is 2.44. The van der Waals surface area contributed by atoms with Crippen molar-refractivity contribution in [3.8, 4) is 6.01 Å². The van der Waals surface area contributed by atoms with Gasteiger partial charge in [0.1, 0.15) is 0 Å². The zero-order valence-electron chi connectivity index (χ0n) is 13.9. The van der Waals surface area contributed by atoms with Crippen molar-refractivity contribution in [1.29, 1.82) is 0 Å². The van der Waals surface area contributed by atoms with Gasteiger partial charge in [0.05, 0.1) is 6.61 Å². The summed E-state index contributed by atoms with van der Waals surface area (Å²) in [5.41, 5.74) is 0. The second-order valence-corrected chi connectivity index (χ2v) is 5.20. The van der Waals surface area contributed by atoms with E-state index >= 15 is 0 Å². The predicted octanol–water partition coefficient (Wildman–Crippen LogP) is 1.48. The minimum Gasteiger partial charge on any atom is -0.463 e. The number of aromatic nitrogens is 3. The molecule has 0 aliphatic heterocycles. The summed E-state index contributed by atoms with van der Waals surface area (Å²) in [7, 11) is 6.14. The number of ether oxygens (including phenoxy) is 1. The first-order valence-electron chi connectivity index (χ1n) is 7.55. The van der Waals surface area contributed by atoms with E-state index in [2.05, 4.69) is 46.2 Å². The summed E-state index contributed by atoms with van der Waals surface area (Å²) in [6.07, 6.45) is 1.98. The van der Waals surface area contributed by atoms with Crippen LogP contribution in [-0.4, -0.2) is 67.2 Å². The number of nitrogens with one attached hydrogen (secondary N) is 1. The molecule has 0 radical (unpaired) electrons. The molecule has 0 amide bonds. The van der Waals surface area contributed by atoms with Crippen molar-refractivity contribution in [3.63, 3.8) is 0 Å². The lowest BCUT2D eigenvalue weighted by Gasteiger charge is -2.19. The van der Waals surface area contributed by atoms with Crippen molar-refractivity contribution < 1.29 is 4.74 Å². The van der Waals surface area contributed by atoms with Gasteiger partial charge in [-0.05, 0) is 40.4 Å². The van der Waals surface area contributed by atoms with Crippen LogP contribution in [0.25, 0.3) is 0 Å². The van der Waals surface area contributed by atoms with Crippen LogP contribution in [0.5, 0.6) is 6.01 Å². The van der Waals surface area contributed by atoms with E-state index < -0.39 is 0 Å². The highest BCUT2D eigenvalue weighted by molar-refractivity contribution is 5.37. The normalized spacial score (nSPS) is 10.8. The standard InChI is InChI=1S/C14H28N6O/c1-6-11-21-14-17-12(15-7-2)16-13(18-14)20(5)10-8-9-19(3)4/h6-11H2,1-5H3,(H,15,16,17,18). The van der Waals surface area contributed by atoms with E-state index in [0.29, 0.717) is 24.5 Å². The molecule has 0 aromatic carbocycles. The molecule has 0 fully saturated rings. The summed E-state index contributed by atoms with van der Waals surface area (Å²) in [6, 6.07) is 0.386. The van der Waals surface area contributed by atoms with E-state index in [1.807, 2.05) is 18.9 Å². The number of anilines is 2. The van der Waals surface area contributed by atoms with Gasteiger partial charge in [0.25, 0.3) is 0 Å². The number of hydrogen-bond acceptors (Lipinski definition) is 7. The number of nitrogens with zero attached hydrogens (tertiary/aromatic N) is 5. The fourth-order valence-electron chi connectivity index (χ4n) is 1.74. The molecule has 7 nitrogen and oxygen atoms in total. The minimum absolute atomic E-state index is 0.386. The summed E-state index contributed by atoms with van der Waals surface area (Å²) in [5.74, 6) is 1.21. The monoisotopic (exact) mass is 296 g/mol. The summed E-state index contributed by atoms with van der Waals surface area (Å²) in [6.45, 7) is 7.37. The lowest BCUT2D eigenvalue weighted by Crippen LogP contribution is -2.25. The maximum Gasteiger partial charge on any atom is 0.323 e. The van der Waals surface area contributed by atoms with Crippen LogP contribution in [0.2, 0.25) is 0 Å². The Morgan fingerprint density at radius 3 is 2.43 bits per heavy atom. The van der Waals surface area contributed by atoms with Crippen LogP contribution in [0, 0.1) is 0 Å². The lowest BCUT2D eigenvalue weighted by atomic mass is 10.4. The van der Waals surface area contributed by atoms with E-state index in [0.717, 1.165) is 32.5 Å². The van der Waals surface area contributed by atoms with Gasteiger partial charge in [-0.25, -0.2) is 0 Å². The average molecular weight is 296 g/mol. The van der Waals surface area contributed by atoms with Crippen molar-refractivity contribution in [1.82, 2.24) is 19.9 Å². The molecule has 0 saturated carbocycles. The van der Waals surface area contributed by atoms with Crippen molar-refractivity contribution in [2.24, 2.45) is 0 Å². The highest BCUT2D eigenvalue weighted by atomic mass is 16.5. The Morgan fingerprint density at radius 2 is 1.81 bits per heavy atom. The van der Waals surface area contributed by atoms with E-state index in [9.17, 15) is 0 Å². The van der Waals surface area contributed by atoms with Gasteiger partial charge in [0, 0.05) is 20.1 Å². The van der Waals surface area contributed by atoms with Crippen LogP contribution < -0.4 is 15.0 Å². The van der Waals surface area contributed by atoms with E-state index in [1.54, 1.807) is 0 Å². The molecule has 1 N–H and O–H groups in total. The SMILES string of the molecule is CCCOc1nc(NCC)nc(N(C)CCCN(C)C)n1. The van der Waals surface area contributed by atoms with Gasteiger partial charge < -0.3 is 19.9 Å². The number of hydrogen-bond donors (Lipinski definition) is 1. The molecule has 1 aromatic heterocycles. The maximum atomic E-state index is 5.54. The Morgan fingerprint density at radius 1 is 1.05 bits per heavy atom. The molecule has 0 unspecified atom stereocenters. The molecule has 0 aliphatic carbocycles. The van der Waals surface area contributed by atoms with Crippen LogP contribution >= 0.6 is 0 Å². The zero-order valence-corrected chi connectivity index (χ0v) is 13.9. The van der Waals surface area contributed by atoms with Crippen LogP contribution in [0.4, 0.5) is 11.9 Å². The molecule has 1 rings (SSSR count). The second kappa shape index (κ2) is 9.33. The Balaban J connectivity index is 2.75. The molecule has 0 bridgehead atoms. The topological polar surface area (TPSA) is 66.4 Å². The van der Waals surface area contributed by atoms with Crippen LogP contribution in [0.15, 0.2) is 0 Å². The molecule has 21 heavy (non-hydrogen) atoms. The van der Waals surface area contributed by atoms with Crippen LogP contribution in [0.1, 0.15) is 26.7 Å². The zero-order chi connectivity index (χ0) is 15.7. The van der Waals surface area contributed by atoms with Crippen molar-refractivity contribution in [2.75, 3.05) is 57.6 Å². The molecule has 0 saturated heterocycles. The lowest BCUT2D eigenvalue weighted by molar-refractivity contribution is 0.292. The molecular formula is C14H28N6O. The summed E-state index contributed by atoms with van der Waals surface area (Å²) < 4.78 is 5.54. The van der Waals surface area contributed by atoms with Gasteiger partial charge >= 0.3 is 6.01 Å². The van der Waals surface area contributed by atoms with Gasteiger partial charge in [-0.1, -0.05) is 6.92 Å². The van der Waals surface area contributed by atoms with Gasteiger partial charge in [0.15, 0.2) is 0 Å². The Hall–Kier alpha value is -1.63. The smallest absolute Gasteiger partial charge is 0.323 e. The van der Waals surface area contributed by atoms with E-state index in [-0.39, 0.29) is 0 Å². The van der Waals surface area contributed by atoms with Crippen LogP contribution in [0.3, 0.4) is 0 Å². The molecule has 0 spiro atoms. The largest absolute Gasteiger partial charge is 0.463 e. The van der Waals surface area contributed by atoms with Crippen LogP contribution in [-0.2, 0) is 0 Å². The van der Waals surface area contributed by atoms with Gasteiger partial charge in [-0.3, -0.25) is 0 Å². The number of rotatable bonds is 10. The Labute approximate surface area is 127 Å². The summed E-state index contributed by atoms with van der Waals surface area (Å²) in [4.78, 5) is 17.3. The molecule has 1 aromatic rings. The molecule has 0 atom stereocenters. The molecular weight excluding hydrogens is 268 g/mol. The fourth-order valence-corrected chi connectivity index (χ4v) is 1.74. The first-order valence-corrected chi connectivity index (χ1v) is 7.55. The molecule has 120 valence electrons. The van der Waals surface area contributed by atoms with Gasteiger partial charge in [-0.15, -0.1) is 0 Å². The summed E-state index contributed by atoms with van der Waals surface area (Å²) in [5, 5.41) is 3.12. The molecule has 0 aliphatic rings. The van der Waals surface area contributed by atoms with Crippen molar-refractivity contribution in [2.45, 2.75) is 26.7 Å². The Kier molecular flexibility index (Phi) is 7.74. The minimum atomic E-state index is 0.386. The predicted molar refractivity (Wildman–Crippen MR) is 86.2 cm³/mol. The first kappa shape index (κ1) is 17.4. The highest BCUT2D eigenvalue weighted by Gasteiger charge is 2.11. The fraction of sp³-hybridized carbons (Fsp3) is 0.786. The third-order valence-corrected chi connectivity index (χ3v) is 2.81. The van der Waals surface area contributed by atoms with Crippen molar-refractivity contribution in [3.05, 3.63) is 0 Å². The van der Waals surface area contributed by atoms with E-state index in [1.165, 1.54) is 0 Å². The van der Waals surface area contributed by atoms with Crippen molar-refractivity contribution >= 4 is 11.9 Å². The Bertz CT molecular complexity index is 412. The first-order chi connectivity index (χ1) is 10.1.